The Bertz CT molecular complexity index is 419. The van der Waals surface area contributed by atoms with Crippen molar-refractivity contribution in [3.05, 3.63) is 29.3 Å². The van der Waals surface area contributed by atoms with Crippen molar-refractivity contribution < 1.29 is 5.11 Å². The second-order valence-electron chi connectivity index (χ2n) is 5.80. The van der Waals surface area contributed by atoms with Gasteiger partial charge in [0.1, 0.15) is 0 Å². The SMILES string of the molecule is Cc1ccc(C(O)CCN2CCCCC2C)cc1N. The van der Waals surface area contributed by atoms with Gasteiger partial charge in [0, 0.05) is 18.3 Å². The summed E-state index contributed by atoms with van der Waals surface area (Å²) in [6.45, 7) is 6.41. The van der Waals surface area contributed by atoms with E-state index in [1.807, 2.05) is 25.1 Å². The molecule has 1 heterocycles. The third kappa shape index (κ3) is 3.71. The zero-order chi connectivity index (χ0) is 13.8. The topological polar surface area (TPSA) is 49.5 Å². The molecule has 3 heteroatoms. The van der Waals surface area contributed by atoms with E-state index in [0.29, 0.717) is 6.04 Å². The quantitative estimate of drug-likeness (QED) is 0.820. The first-order chi connectivity index (χ1) is 9.08. The first-order valence-electron chi connectivity index (χ1n) is 7.36. The average molecular weight is 262 g/mol. The summed E-state index contributed by atoms with van der Waals surface area (Å²) in [5.41, 5.74) is 8.67. The highest BCUT2D eigenvalue weighted by Crippen LogP contribution is 2.23. The van der Waals surface area contributed by atoms with Crippen LogP contribution in [0.2, 0.25) is 0 Å². The predicted molar refractivity (Wildman–Crippen MR) is 80.1 cm³/mol. The van der Waals surface area contributed by atoms with E-state index in [2.05, 4.69) is 11.8 Å². The largest absolute Gasteiger partial charge is 0.399 e. The van der Waals surface area contributed by atoms with Crippen LogP contribution in [0.4, 0.5) is 5.69 Å². The Kier molecular flexibility index (Phi) is 4.83. The van der Waals surface area contributed by atoms with Crippen molar-refractivity contribution in [2.24, 2.45) is 0 Å². The van der Waals surface area contributed by atoms with Crippen molar-refractivity contribution in [3.8, 4) is 0 Å². The van der Waals surface area contributed by atoms with E-state index in [-0.39, 0.29) is 0 Å². The van der Waals surface area contributed by atoms with Crippen LogP contribution in [0, 0.1) is 6.92 Å². The number of likely N-dealkylation sites (tertiary alicyclic amines) is 1. The molecule has 0 spiro atoms. The minimum atomic E-state index is -0.406. The third-order valence-electron chi connectivity index (χ3n) is 4.32. The molecule has 2 atom stereocenters. The van der Waals surface area contributed by atoms with Gasteiger partial charge in [-0.3, -0.25) is 0 Å². The third-order valence-corrected chi connectivity index (χ3v) is 4.32. The fourth-order valence-corrected chi connectivity index (χ4v) is 2.81. The number of piperidine rings is 1. The van der Waals surface area contributed by atoms with Gasteiger partial charge in [-0.15, -0.1) is 0 Å². The van der Waals surface area contributed by atoms with Crippen LogP contribution in [-0.2, 0) is 0 Å². The molecule has 0 aliphatic carbocycles. The summed E-state index contributed by atoms with van der Waals surface area (Å²) in [6.07, 6.45) is 4.30. The molecule has 0 aromatic heterocycles. The predicted octanol–water partition coefficient (Wildman–Crippen LogP) is 2.88. The molecule has 0 saturated carbocycles. The van der Waals surface area contributed by atoms with Gasteiger partial charge in [0.05, 0.1) is 6.10 Å². The van der Waals surface area contributed by atoms with Crippen molar-refractivity contribution in [1.82, 2.24) is 4.90 Å². The Morgan fingerprint density at radius 2 is 2.21 bits per heavy atom. The monoisotopic (exact) mass is 262 g/mol. The number of rotatable bonds is 4. The molecule has 0 amide bonds. The van der Waals surface area contributed by atoms with Gasteiger partial charge in [-0.2, -0.15) is 0 Å². The molecule has 0 bridgehead atoms. The number of benzene rings is 1. The molecule has 1 aromatic rings. The van der Waals surface area contributed by atoms with E-state index in [1.165, 1.54) is 25.8 Å². The second kappa shape index (κ2) is 6.40. The van der Waals surface area contributed by atoms with E-state index >= 15 is 0 Å². The normalized spacial score (nSPS) is 22.4. The Morgan fingerprint density at radius 3 is 2.89 bits per heavy atom. The van der Waals surface area contributed by atoms with Crippen molar-refractivity contribution >= 4 is 5.69 Å². The summed E-state index contributed by atoms with van der Waals surface area (Å²) in [4.78, 5) is 2.49. The van der Waals surface area contributed by atoms with Crippen molar-refractivity contribution in [2.75, 3.05) is 18.8 Å². The van der Waals surface area contributed by atoms with Crippen LogP contribution in [0.25, 0.3) is 0 Å². The average Bonchev–Trinajstić information content (AvgIpc) is 2.40. The van der Waals surface area contributed by atoms with Gasteiger partial charge in [0.25, 0.3) is 0 Å². The summed E-state index contributed by atoms with van der Waals surface area (Å²) in [7, 11) is 0. The fourth-order valence-electron chi connectivity index (χ4n) is 2.81. The van der Waals surface area contributed by atoms with Gasteiger partial charge < -0.3 is 15.7 Å². The maximum Gasteiger partial charge on any atom is 0.0803 e. The van der Waals surface area contributed by atoms with Crippen LogP contribution in [0.1, 0.15) is 49.8 Å². The number of nitrogens with zero attached hydrogens (tertiary/aromatic N) is 1. The number of nitrogens with two attached hydrogens (primary N) is 1. The molecule has 2 unspecified atom stereocenters. The Morgan fingerprint density at radius 1 is 1.42 bits per heavy atom. The molecule has 1 fully saturated rings. The molecular weight excluding hydrogens is 236 g/mol. The summed E-state index contributed by atoms with van der Waals surface area (Å²) < 4.78 is 0. The van der Waals surface area contributed by atoms with Crippen LogP contribution < -0.4 is 5.73 Å². The molecule has 0 radical (unpaired) electrons. The van der Waals surface area contributed by atoms with Gasteiger partial charge in [0.15, 0.2) is 0 Å². The van der Waals surface area contributed by atoms with Crippen LogP contribution in [0.5, 0.6) is 0 Å². The van der Waals surface area contributed by atoms with Crippen molar-refractivity contribution in [1.29, 1.82) is 0 Å². The summed E-state index contributed by atoms with van der Waals surface area (Å²) in [6, 6.07) is 6.52. The van der Waals surface area contributed by atoms with E-state index in [9.17, 15) is 5.11 Å². The number of aliphatic hydroxyl groups is 1. The number of aliphatic hydroxyl groups excluding tert-OH is 1. The zero-order valence-corrected chi connectivity index (χ0v) is 12.1. The standard InChI is InChI=1S/C16H26N2O/c1-12-6-7-14(11-15(12)17)16(19)8-10-18-9-4-3-5-13(18)2/h6-7,11,13,16,19H,3-5,8-10,17H2,1-2H3. The lowest BCUT2D eigenvalue weighted by Crippen LogP contribution is -2.38. The smallest absolute Gasteiger partial charge is 0.0803 e. The van der Waals surface area contributed by atoms with Crippen LogP contribution in [0.15, 0.2) is 18.2 Å². The number of nitrogen functional groups attached to an aromatic ring is 1. The summed E-state index contributed by atoms with van der Waals surface area (Å²) in [5, 5.41) is 10.3. The van der Waals surface area contributed by atoms with Crippen LogP contribution in [0.3, 0.4) is 0 Å². The van der Waals surface area contributed by atoms with E-state index < -0.39 is 6.10 Å². The lowest BCUT2D eigenvalue weighted by molar-refractivity contribution is 0.109. The Labute approximate surface area is 116 Å². The highest BCUT2D eigenvalue weighted by Gasteiger charge is 2.19. The number of aryl methyl sites for hydroxylation is 1. The summed E-state index contributed by atoms with van der Waals surface area (Å²) in [5.74, 6) is 0. The van der Waals surface area contributed by atoms with Crippen LogP contribution >= 0.6 is 0 Å². The molecule has 3 nitrogen and oxygen atoms in total. The van der Waals surface area contributed by atoms with Gasteiger partial charge in [0.2, 0.25) is 0 Å². The van der Waals surface area contributed by atoms with E-state index in [1.54, 1.807) is 0 Å². The van der Waals surface area contributed by atoms with E-state index in [4.69, 9.17) is 5.73 Å². The summed E-state index contributed by atoms with van der Waals surface area (Å²) >= 11 is 0. The minimum Gasteiger partial charge on any atom is -0.399 e. The first-order valence-corrected chi connectivity index (χ1v) is 7.36. The maximum atomic E-state index is 10.3. The Hall–Kier alpha value is -1.06. The fraction of sp³-hybridized carbons (Fsp3) is 0.625. The molecule has 3 N–H and O–H groups in total. The highest BCUT2D eigenvalue weighted by atomic mass is 16.3. The molecule has 1 aliphatic rings. The lowest BCUT2D eigenvalue weighted by atomic mass is 10.0. The van der Waals surface area contributed by atoms with Gasteiger partial charge in [-0.25, -0.2) is 0 Å². The minimum absolute atomic E-state index is 0.406. The molecule has 1 aromatic carbocycles. The Balaban J connectivity index is 1.89. The van der Waals surface area contributed by atoms with Crippen molar-refractivity contribution in [3.63, 3.8) is 0 Å². The molecule has 1 saturated heterocycles. The second-order valence-corrected chi connectivity index (χ2v) is 5.80. The van der Waals surface area contributed by atoms with Crippen molar-refractivity contribution in [2.45, 2.75) is 51.7 Å². The van der Waals surface area contributed by atoms with Gasteiger partial charge in [-0.1, -0.05) is 18.6 Å². The van der Waals surface area contributed by atoms with Crippen LogP contribution in [-0.4, -0.2) is 29.1 Å². The maximum absolute atomic E-state index is 10.3. The number of anilines is 1. The molecule has 19 heavy (non-hydrogen) atoms. The van der Waals surface area contributed by atoms with E-state index in [0.717, 1.165) is 29.8 Å². The molecular formula is C16H26N2O. The van der Waals surface area contributed by atoms with Gasteiger partial charge >= 0.3 is 0 Å². The molecule has 1 aliphatic heterocycles. The lowest BCUT2D eigenvalue weighted by Gasteiger charge is -2.33. The molecule has 106 valence electrons. The number of hydrogen-bond donors (Lipinski definition) is 2. The first kappa shape index (κ1) is 14.4. The van der Waals surface area contributed by atoms with Gasteiger partial charge in [-0.05, 0) is 56.8 Å². The highest BCUT2D eigenvalue weighted by molar-refractivity contribution is 5.48. The molecule has 2 rings (SSSR count). The zero-order valence-electron chi connectivity index (χ0n) is 12.1. The number of hydrogen-bond acceptors (Lipinski definition) is 3.